The van der Waals surface area contributed by atoms with Gasteiger partial charge >= 0.3 is 6.18 Å². The molecule has 0 saturated heterocycles. The molecule has 0 aliphatic heterocycles. The van der Waals surface area contributed by atoms with Gasteiger partial charge in [-0.1, -0.05) is 11.8 Å². The first-order valence-electron chi connectivity index (χ1n) is 5.17. The van der Waals surface area contributed by atoms with Crippen molar-refractivity contribution in [1.82, 2.24) is 0 Å². The molecule has 3 nitrogen and oxygen atoms in total. The molecule has 7 heteroatoms. The SMILES string of the molecule is NCC#Cc1cc(NC(=O)CC(F)(F)F)ccc1F. The van der Waals surface area contributed by atoms with Crippen LogP contribution in [0.25, 0.3) is 0 Å². The number of alkyl halides is 3. The Balaban J connectivity index is 2.83. The monoisotopic (exact) mass is 274 g/mol. The molecular weight excluding hydrogens is 264 g/mol. The average molecular weight is 274 g/mol. The van der Waals surface area contributed by atoms with Crippen LogP contribution in [0, 0.1) is 17.7 Å². The molecular formula is C12H10F4N2O. The lowest BCUT2D eigenvalue weighted by atomic mass is 10.2. The van der Waals surface area contributed by atoms with Gasteiger partial charge in [0.05, 0.1) is 12.1 Å². The van der Waals surface area contributed by atoms with Gasteiger partial charge in [0.1, 0.15) is 12.2 Å². The molecule has 3 N–H and O–H groups in total. The van der Waals surface area contributed by atoms with Gasteiger partial charge in [0.25, 0.3) is 0 Å². The standard InChI is InChI=1S/C12H10F4N2O/c13-10-4-3-9(6-8(10)2-1-5-17)18-11(19)7-12(14,15)16/h3-4,6H,5,7,17H2,(H,18,19). The Labute approximate surface area is 106 Å². The summed E-state index contributed by atoms with van der Waals surface area (Å²) in [6, 6.07) is 3.30. The fourth-order valence-corrected chi connectivity index (χ4v) is 1.23. The molecule has 0 atom stereocenters. The summed E-state index contributed by atoms with van der Waals surface area (Å²) in [7, 11) is 0. The molecule has 1 aromatic rings. The molecule has 0 aliphatic rings. The van der Waals surface area contributed by atoms with Crippen molar-refractivity contribution in [2.75, 3.05) is 11.9 Å². The van der Waals surface area contributed by atoms with Crippen LogP contribution in [0.1, 0.15) is 12.0 Å². The number of carbonyl (C=O) groups is 1. The molecule has 0 saturated carbocycles. The third-order valence-electron chi connectivity index (χ3n) is 1.94. The zero-order chi connectivity index (χ0) is 14.5. The number of halogens is 4. The van der Waals surface area contributed by atoms with E-state index in [1.807, 2.05) is 5.32 Å². The molecule has 0 radical (unpaired) electrons. The topological polar surface area (TPSA) is 55.1 Å². The third-order valence-corrected chi connectivity index (χ3v) is 1.94. The lowest BCUT2D eigenvalue weighted by Crippen LogP contribution is -2.21. The number of carbonyl (C=O) groups excluding carboxylic acids is 1. The van der Waals surface area contributed by atoms with Crippen molar-refractivity contribution in [3.8, 4) is 11.8 Å². The highest BCUT2D eigenvalue weighted by Gasteiger charge is 2.31. The first-order valence-corrected chi connectivity index (χ1v) is 5.17. The predicted molar refractivity (Wildman–Crippen MR) is 61.6 cm³/mol. The van der Waals surface area contributed by atoms with E-state index in [4.69, 9.17) is 5.73 Å². The van der Waals surface area contributed by atoms with Crippen molar-refractivity contribution < 1.29 is 22.4 Å². The molecule has 0 heterocycles. The second-order valence-electron chi connectivity index (χ2n) is 3.54. The van der Waals surface area contributed by atoms with E-state index < -0.39 is 24.3 Å². The summed E-state index contributed by atoms with van der Waals surface area (Å²) in [6.45, 7) is 0.0180. The van der Waals surface area contributed by atoms with E-state index in [0.29, 0.717) is 0 Å². The predicted octanol–water partition coefficient (Wildman–Crippen LogP) is 2.03. The summed E-state index contributed by atoms with van der Waals surface area (Å²) >= 11 is 0. The average Bonchev–Trinajstić information content (AvgIpc) is 2.27. The van der Waals surface area contributed by atoms with Gasteiger partial charge in [0.15, 0.2) is 0 Å². The van der Waals surface area contributed by atoms with Crippen LogP contribution < -0.4 is 11.1 Å². The van der Waals surface area contributed by atoms with Crippen LogP contribution in [0.2, 0.25) is 0 Å². The maximum Gasteiger partial charge on any atom is 0.397 e. The number of amides is 1. The first kappa shape index (κ1) is 15.0. The summed E-state index contributed by atoms with van der Waals surface area (Å²) in [4.78, 5) is 11.1. The number of nitrogens with one attached hydrogen (secondary N) is 1. The molecule has 1 aromatic carbocycles. The van der Waals surface area contributed by atoms with Crippen LogP contribution in [0.3, 0.4) is 0 Å². The summed E-state index contributed by atoms with van der Waals surface area (Å²) in [5.74, 6) is 2.95. The number of nitrogens with two attached hydrogens (primary N) is 1. The molecule has 0 spiro atoms. The maximum absolute atomic E-state index is 13.3. The lowest BCUT2D eigenvalue weighted by Gasteiger charge is -2.08. The molecule has 1 amide bonds. The lowest BCUT2D eigenvalue weighted by molar-refractivity contribution is -0.150. The Hall–Kier alpha value is -2.07. The third kappa shape index (κ3) is 5.40. The number of rotatable bonds is 2. The van der Waals surface area contributed by atoms with Crippen LogP contribution in [0.5, 0.6) is 0 Å². The first-order chi connectivity index (χ1) is 8.81. The van der Waals surface area contributed by atoms with Gasteiger partial charge in [-0.15, -0.1) is 0 Å². The number of hydrogen-bond donors (Lipinski definition) is 2. The number of anilines is 1. The van der Waals surface area contributed by atoms with Gasteiger partial charge in [-0.05, 0) is 18.2 Å². The highest BCUT2D eigenvalue weighted by molar-refractivity contribution is 5.91. The van der Waals surface area contributed by atoms with E-state index in [9.17, 15) is 22.4 Å². The summed E-state index contributed by atoms with van der Waals surface area (Å²) in [5, 5.41) is 2.02. The molecule has 0 unspecified atom stereocenters. The van der Waals surface area contributed by atoms with Crippen molar-refractivity contribution in [3.05, 3.63) is 29.6 Å². The molecule has 102 valence electrons. The quantitative estimate of drug-likeness (QED) is 0.640. The normalized spacial score (nSPS) is 10.6. The number of benzene rings is 1. The van der Waals surface area contributed by atoms with Crippen LogP contribution in [-0.2, 0) is 4.79 Å². The summed E-state index contributed by atoms with van der Waals surface area (Å²) < 4.78 is 49.2. The molecule has 19 heavy (non-hydrogen) atoms. The van der Waals surface area contributed by atoms with Gasteiger partial charge in [-0.25, -0.2) is 4.39 Å². The highest BCUT2D eigenvalue weighted by atomic mass is 19.4. The van der Waals surface area contributed by atoms with E-state index in [-0.39, 0.29) is 17.8 Å². The van der Waals surface area contributed by atoms with Gasteiger partial charge in [0.2, 0.25) is 5.91 Å². The molecule has 0 bridgehead atoms. The summed E-state index contributed by atoms with van der Waals surface area (Å²) in [6.07, 6.45) is -6.19. The largest absolute Gasteiger partial charge is 0.397 e. The Morgan fingerprint density at radius 3 is 2.63 bits per heavy atom. The van der Waals surface area contributed by atoms with E-state index in [1.54, 1.807) is 0 Å². The summed E-state index contributed by atoms with van der Waals surface area (Å²) in [5.41, 5.74) is 5.12. The van der Waals surface area contributed by atoms with Crippen LogP contribution in [-0.4, -0.2) is 18.6 Å². The Morgan fingerprint density at radius 1 is 1.37 bits per heavy atom. The smallest absolute Gasteiger partial charge is 0.326 e. The Morgan fingerprint density at radius 2 is 2.05 bits per heavy atom. The fraction of sp³-hybridized carbons (Fsp3) is 0.250. The zero-order valence-electron chi connectivity index (χ0n) is 9.64. The number of hydrogen-bond acceptors (Lipinski definition) is 2. The second kappa shape index (κ2) is 6.20. The van der Waals surface area contributed by atoms with Crippen LogP contribution in [0.15, 0.2) is 18.2 Å². The van der Waals surface area contributed by atoms with Gasteiger partial charge in [-0.2, -0.15) is 13.2 Å². The minimum Gasteiger partial charge on any atom is -0.326 e. The van der Waals surface area contributed by atoms with Crippen LogP contribution in [0.4, 0.5) is 23.2 Å². The van der Waals surface area contributed by atoms with Crippen molar-refractivity contribution in [2.24, 2.45) is 5.73 Å². The maximum atomic E-state index is 13.3. The molecule has 1 rings (SSSR count). The molecule has 0 aliphatic carbocycles. The van der Waals surface area contributed by atoms with E-state index >= 15 is 0 Å². The Bertz CT molecular complexity index is 529. The molecule has 0 aromatic heterocycles. The zero-order valence-corrected chi connectivity index (χ0v) is 9.64. The van der Waals surface area contributed by atoms with Crippen molar-refractivity contribution in [2.45, 2.75) is 12.6 Å². The van der Waals surface area contributed by atoms with E-state index in [1.165, 1.54) is 0 Å². The van der Waals surface area contributed by atoms with Crippen molar-refractivity contribution in [3.63, 3.8) is 0 Å². The van der Waals surface area contributed by atoms with E-state index in [0.717, 1.165) is 18.2 Å². The van der Waals surface area contributed by atoms with Crippen molar-refractivity contribution >= 4 is 11.6 Å². The Kier molecular flexibility index (Phi) is 4.89. The van der Waals surface area contributed by atoms with E-state index in [2.05, 4.69) is 11.8 Å². The fourth-order valence-electron chi connectivity index (χ4n) is 1.23. The van der Waals surface area contributed by atoms with Crippen molar-refractivity contribution in [1.29, 1.82) is 0 Å². The van der Waals surface area contributed by atoms with Crippen LogP contribution >= 0.6 is 0 Å². The minimum absolute atomic E-state index is 0.0180. The highest BCUT2D eigenvalue weighted by Crippen LogP contribution is 2.21. The van der Waals surface area contributed by atoms with Gasteiger partial charge < -0.3 is 11.1 Å². The minimum atomic E-state index is -4.59. The van der Waals surface area contributed by atoms with Gasteiger partial charge in [-0.3, -0.25) is 4.79 Å². The molecule has 0 fully saturated rings. The second-order valence-corrected chi connectivity index (χ2v) is 3.54. The van der Waals surface area contributed by atoms with Gasteiger partial charge in [0, 0.05) is 5.69 Å².